The van der Waals surface area contributed by atoms with Crippen molar-refractivity contribution >= 4 is 27.5 Å². The lowest BCUT2D eigenvalue weighted by atomic mass is 10.2. The normalized spacial score (nSPS) is 11.1. The highest BCUT2D eigenvalue weighted by atomic mass is 32.1. The van der Waals surface area contributed by atoms with Gasteiger partial charge in [0.15, 0.2) is 0 Å². The Bertz CT molecular complexity index is 1470. The van der Waals surface area contributed by atoms with Gasteiger partial charge in [0, 0.05) is 30.2 Å². The summed E-state index contributed by atoms with van der Waals surface area (Å²) in [6, 6.07) is 21.5. The molecule has 7 nitrogen and oxygen atoms in total. The molecule has 5 aromatic rings. The van der Waals surface area contributed by atoms with Crippen LogP contribution in [0.5, 0.6) is 0 Å². The molecule has 8 heteroatoms. The van der Waals surface area contributed by atoms with Crippen molar-refractivity contribution in [3.05, 3.63) is 101 Å². The van der Waals surface area contributed by atoms with Crippen LogP contribution in [0.3, 0.4) is 0 Å². The first-order valence-corrected chi connectivity index (χ1v) is 11.3. The molecule has 0 saturated carbocycles. The number of thiophene rings is 1. The highest BCUT2D eigenvalue weighted by molar-refractivity contribution is 7.21. The van der Waals surface area contributed by atoms with E-state index < -0.39 is 0 Å². The molecular formula is C25H21N5O2S. The van der Waals surface area contributed by atoms with Gasteiger partial charge >= 0.3 is 0 Å². The van der Waals surface area contributed by atoms with Gasteiger partial charge in [0.1, 0.15) is 11.4 Å². The average molecular weight is 456 g/mol. The molecule has 0 radical (unpaired) electrons. The van der Waals surface area contributed by atoms with Crippen molar-refractivity contribution in [2.45, 2.75) is 13.1 Å². The maximum atomic E-state index is 13.0. The Morgan fingerprint density at radius 2 is 1.79 bits per heavy atom. The van der Waals surface area contributed by atoms with Gasteiger partial charge in [-0.15, -0.1) is 11.3 Å². The zero-order valence-electron chi connectivity index (χ0n) is 18.0. The lowest BCUT2D eigenvalue weighted by molar-refractivity contribution is -0.131. The van der Waals surface area contributed by atoms with E-state index in [1.807, 2.05) is 72.9 Å². The van der Waals surface area contributed by atoms with Crippen molar-refractivity contribution in [2.24, 2.45) is 0 Å². The monoisotopic (exact) mass is 455 g/mol. The molecule has 0 aliphatic carbocycles. The predicted octanol–water partition coefficient (Wildman–Crippen LogP) is 3.97. The molecule has 33 heavy (non-hydrogen) atoms. The molecule has 0 atom stereocenters. The van der Waals surface area contributed by atoms with E-state index in [4.69, 9.17) is 0 Å². The van der Waals surface area contributed by atoms with Gasteiger partial charge in [-0.05, 0) is 23.8 Å². The Morgan fingerprint density at radius 1 is 1.06 bits per heavy atom. The summed E-state index contributed by atoms with van der Waals surface area (Å²) in [5.74, 6) is -0.177. The summed E-state index contributed by atoms with van der Waals surface area (Å²) in [4.78, 5) is 33.5. The molecule has 0 fully saturated rings. The number of carbonyl (C=O) groups is 1. The van der Waals surface area contributed by atoms with Crippen LogP contribution in [0.1, 0.15) is 5.56 Å². The first-order valence-electron chi connectivity index (χ1n) is 10.5. The van der Waals surface area contributed by atoms with Crippen LogP contribution in [0.4, 0.5) is 0 Å². The van der Waals surface area contributed by atoms with Crippen LogP contribution in [0, 0.1) is 0 Å². The molecule has 0 N–H and O–H groups in total. The average Bonchev–Trinajstić information content (AvgIpc) is 3.50. The highest BCUT2D eigenvalue weighted by Crippen LogP contribution is 2.30. The molecule has 0 bridgehead atoms. The van der Waals surface area contributed by atoms with E-state index in [1.54, 1.807) is 22.8 Å². The second kappa shape index (κ2) is 8.84. The van der Waals surface area contributed by atoms with Crippen molar-refractivity contribution in [1.29, 1.82) is 0 Å². The molecule has 1 amide bonds. The number of hydrogen-bond acceptors (Lipinski definition) is 5. The van der Waals surface area contributed by atoms with E-state index in [1.165, 1.54) is 22.2 Å². The number of amides is 1. The van der Waals surface area contributed by atoms with Crippen LogP contribution in [0.25, 0.3) is 26.3 Å². The number of fused-ring (bicyclic) bond motifs is 1. The van der Waals surface area contributed by atoms with Gasteiger partial charge in [-0.1, -0.05) is 48.5 Å². The SMILES string of the molecule is CN(Cc1cnn(-c2ccccc2)c1)C(=O)Cn1cnc2sc(-c3ccccc3)cc2c1=O. The Balaban J connectivity index is 1.31. The third-order valence-electron chi connectivity index (χ3n) is 5.38. The quantitative estimate of drug-likeness (QED) is 0.388. The molecule has 164 valence electrons. The summed E-state index contributed by atoms with van der Waals surface area (Å²) in [6.07, 6.45) is 5.09. The maximum absolute atomic E-state index is 13.0. The van der Waals surface area contributed by atoms with Gasteiger partial charge in [-0.2, -0.15) is 5.10 Å². The second-order valence-electron chi connectivity index (χ2n) is 7.75. The van der Waals surface area contributed by atoms with Crippen LogP contribution in [0.2, 0.25) is 0 Å². The molecule has 0 saturated heterocycles. The molecule has 5 rings (SSSR count). The van der Waals surface area contributed by atoms with Crippen LogP contribution < -0.4 is 5.56 Å². The molecule has 0 unspecified atom stereocenters. The Labute approximate surface area is 194 Å². The van der Waals surface area contributed by atoms with Gasteiger partial charge in [0.05, 0.1) is 23.6 Å². The standard InChI is InChI=1S/C25H21N5O2S/c1-28(14-18-13-27-30(15-18)20-10-6-3-7-11-20)23(31)16-29-17-26-24-21(25(29)32)12-22(33-24)19-8-4-2-5-9-19/h2-13,15,17H,14,16H2,1H3. The minimum Gasteiger partial charge on any atom is -0.340 e. The smallest absolute Gasteiger partial charge is 0.262 e. The summed E-state index contributed by atoms with van der Waals surface area (Å²) in [6.45, 7) is 0.328. The number of carbonyl (C=O) groups excluding carboxylic acids is 1. The second-order valence-corrected chi connectivity index (χ2v) is 8.78. The third-order valence-corrected chi connectivity index (χ3v) is 6.48. The number of nitrogens with zero attached hydrogens (tertiary/aromatic N) is 5. The lowest BCUT2D eigenvalue weighted by Gasteiger charge is -2.16. The Hall–Kier alpha value is -4.04. The highest BCUT2D eigenvalue weighted by Gasteiger charge is 2.15. The number of hydrogen-bond donors (Lipinski definition) is 0. The third kappa shape index (κ3) is 4.33. The fourth-order valence-electron chi connectivity index (χ4n) is 3.61. The summed E-state index contributed by atoms with van der Waals surface area (Å²) in [5.41, 5.74) is 2.69. The number of para-hydroxylation sites is 1. The lowest BCUT2D eigenvalue weighted by Crippen LogP contribution is -2.33. The van der Waals surface area contributed by atoms with E-state index in [0.29, 0.717) is 16.8 Å². The number of likely N-dealkylation sites (N-methyl/N-ethyl adjacent to an activating group) is 1. The molecule has 2 aromatic carbocycles. The van der Waals surface area contributed by atoms with Crippen LogP contribution in [0.15, 0.2) is 90.2 Å². The van der Waals surface area contributed by atoms with E-state index in [2.05, 4.69) is 10.1 Å². The van der Waals surface area contributed by atoms with E-state index in [0.717, 1.165) is 21.7 Å². The predicted molar refractivity (Wildman–Crippen MR) is 129 cm³/mol. The minimum absolute atomic E-state index is 0.0678. The first-order chi connectivity index (χ1) is 16.1. The van der Waals surface area contributed by atoms with Gasteiger partial charge in [-0.25, -0.2) is 9.67 Å². The number of rotatable bonds is 6. The number of aromatic nitrogens is 4. The fourth-order valence-corrected chi connectivity index (χ4v) is 4.60. The Kier molecular flexibility index (Phi) is 5.58. The minimum atomic E-state index is -0.211. The topological polar surface area (TPSA) is 73.0 Å². The first kappa shape index (κ1) is 20.8. The van der Waals surface area contributed by atoms with Gasteiger partial charge in [0.25, 0.3) is 5.56 Å². The zero-order chi connectivity index (χ0) is 22.8. The maximum Gasteiger partial charge on any atom is 0.262 e. The summed E-state index contributed by atoms with van der Waals surface area (Å²) in [5, 5.41) is 4.90. The molecule has 3 aromatic heterocycles. The largest absolute Gasteiger partial charge is 0.340 e. The van der Waals surface area contributed by atoms with Gasteiger partial charge in [-0.3, -0.25) is 14.2 Å². The van der Waals surface area contributed by atoms with Crippen molar-refractivity contribution in [3.63, 3.8) is 0 Å². The zero-order valence-corrected chi connectivity index (χ0v) is 18.8. The summed E-state index contributed by atoms with van der Waals surface area (Å²) >= 11 is 1.47. The Morgan fingerprint density at radius 3 is 2.55 bits per heavy atom. The van der Waals surface area contributed by atoms with Gasteiger partial charge in [0.2, 0.25) is 5.91 Å². The van der Waals surface area contributed by atoms with Crippen molar-refractivity contribution < 1.29 is 4.79 Å². The molecule has 0 aliphatic heterocycles. The molecule has 3 heterocycles. The molecule has 0 spiro atoms. The van der Waals surface area contributed by atoms with E-state index in [-0.39, 0.29) is 18.0 Å². The van der Waals surface area contributed by atoms with Crippen LogP contribution in [-0.2, 0) is 17.9 Å². The van der Waals surface area contributed by atoms with Crippen molar-refractivity contribution in [1.82, 2.24) is 24.2 Å². The summed E-state index contributed by atoms with van der Waals surface area (Å²) < 4.78 is 3.15. The van der Waals surface area contributed by atoms with E-state index >= 15 is 0 Å². The van der Waals surface area contributed by atoms with Gasteiger partial charge < -0.3 is 4.90 Å². The van der Waals surface area contributed by atoms with Crippen molar-refractivity contribution in [3.8, 4) is 16.1 Å². The summed E-state index contributed by atoms with van der Waals surface area (Å²) in [7, 11) is 1.72. The van der Waals surface area contributed by atoms with Crippen LogP contribution >= 0.6 is 11.3 Å². The number of benzene rings is 2. The fraction of sp³-hybridized carbons (Fsp3) is 0.120. The molecular weight excluding hydrogens is 434 g/mol. The van der Waals surface area contributed by atoms with Crippen LogP contribution in [-0.4, -0.2) is 37.2 Å². The molecule has 0 aliphatic rings. The van der Waals surface area contributed by atoms with E-state index in [9.17, 15) is 9.59 Å². The van der Waals surface area contributed by atoms with Crippen molar-refractivity contribution in [2.75, 3.05) is 7.05 Å².